The van der Waals surface area contributed by atoms with Crippen molar-refractivity contribution in [1.82, 2.24) is 5.32 Å². The highest BCUT2D eigenvalue weighted by Gasteiger charge is 2.37. The number of benzene rings is 1. The van der Waals surface area contributed by atoms with Crippen molar-refractivity contribution < 1.29 is 14.6 Å². The number of nitrogens with one attached hydrogen (secondary N) is 1. The molecular formula is C14H16N2O3. The summed E-state index contributed by atoms with van der Waals surface area (Å²) >= 11 is 0. The first-order valence-corrected chi connectivity index (χ1v) is 6.17. The predicted molar refractivity (Wildman–Crippen MR) is 68.2 cm³/mol. The lowest BCUT2D eigenvalue weighted by Gasteiger charge is -2.38. The van der Waals surface area contributed by atoms with E-state index in [1.807, 2.05) is 19.9 Å². The SMILES string of the molecule is C[C@H]1[C@H](C)O[C@H](c2ccc(C#N)cc2)N[C@@H]1C(=O)O. The molecule has 1 saturated heterocycles. The Morgan fingerprint density at radius 2 is 2.00 bits per heavy atom. The van der Waals surface area contributed by atoms with Crippen LogP contribution in [-0.2, 0) is 9.53 Å². The molecule has 1 heterocycles. The Hall–Kier alpha value is -1.90. The van der Waals surface area contributed by atoms with Gasteiger partial charge < -0.3 is 9.84 Å². The third-order valence-corrected chi connectivity index (χ3v) is 3.56. The largest absolute Gasteiger partial charge is 0.480 e. The molecule has 100 valence electrons. The van der Waals surface area contributed by atoms with E-state index < -0.39 is 18.2 Å². The summed E-state index contributed by atoms with van der Waals surface area (Å²) in [7, 11) is 0. The average molecular weight is 260 g/mol. The van der Waals surface area contributed by atoms with Crippen LogP contribution in [0, 0.1) is 17.2 Å². The maximum atomic E-state index is 11.2. The van der Waals surface area contributed by atoms with Crippen molar-refractivity contribution in [3.8, 4) is 6.07 Å². The van der Waals surface area contributed by atoms with E-state index in [4.69, 9.17) is 10.00 Å². The van der Waals surface area contributed by atoms with Gasteiger partial charge in [-0.05, 0) is 24.6 Å². The van der Waals surface area contributed by atoms with Crippen LogP contribution in [0.1, 0.15) is 31.2 Å². The van der Waals surface area contributed by atoms with Gasteiger partial charge in [0.1, 0.15) is 12.3 Å². The predicted octanol–water partition coefficient (Wildman–Crippen LogP) is 1.65. The van der Waals surface area contributed by atoms with Crippen molar-refractivity contribution in [2.75, 3.05) is 0 Å². The Bertz CT molecular complexity index is 506. The molecule has 1 aliphatic heterocycles. The van der Waals surface area contributed by atoms with Gasteiger partial charge in [0.05, 0.1) is 17.7 Å². The van der Waals surface area contributed by atoms with Crippen molar-refractivity contribution in [2.45, 2.75) is 32.2 Å². The van der Waals surface area contributed by atoms with Gasteiger partial charge in [0, 0.05) is 5.92 Å². The van der Waals surface area contributed by atoms with Gasteiger partial charge in [0.15, 0.2) is 0 Å². The van der Waals surface area contributed by atoms with Gasteiger partial charge in [-0.15, -0.1) is 0 Å². The van der Waals surface area contributed by atoms with Crippen LogP contribution in [0.4, 0.5) is 0 Å². The number of hydrogen-bond donors (Lipinski definition) is 2. The molecule has 5 heteroatoms. The maximum absolute atomic E-state index is 11.2. The van der Waals surface area contributed by atoms with E-state index in [0.717, 1.165) is 5.56 Å². The van der Waals surface area contributed by atoms with Crippen LogP contribution in [-0.4, -0.2) is 23.2 Å². The molecule has 0 saturated carbocycles. The molecule has 0 bridgehead atoms. The molecule has 2 N–H and O–H groups in total. The lowest BCUT2D eigenvalue weighted by molar-refractivity contribution is -0.155. The zero-order valence-electron chi connectivity index (χ0n) is 10.8. The zero-order valence-corrected chi connectivity index (χ0v) is 10.8. The van der Waals surface area contributed by atoms with Crippen LogP contribution >= 0.6 is 0 Å². The minimum atomic E-state index is -0.874. The Labute approximate surface area is 111 Å². The van der Waals surface area contributed by atoms with Crippen LogP contribution in [0.3, 0.4) is 0 Å². The molecule has 0 amide bonds. The highest BCUT2D eigenvalue weighted by molar-refractivity contribution is 5.74. The normalized spacial score (nSPS) is 30.6. The quantitative estimate of drug-likeness (QED) is 0.845. The second-order valence-corrected chi connectivity index (χ2v) is 4.80. The Morgan fingerprint density at radius 3 is 2.53 bits per heavy atom. The van der Waals surface area contributed by atoms with Crippen molar-refractivity contribution in [1.29, 1.82) is 5.26 Å². The molecule has 2 rings (SSSR count). The van der Waals surface area contributed by atoms with Gasteiger partial charge >= 0.3 is 5.97 Å². The lowest BCUT2D eigenvalue weighted by atomic mass is 9.93. The fourth-order valence-corrected chi connectivity index (χ4v) is 2.17. The fourth-order valence-electron chi connectivity index (χ4n) is 2.17. The first-order valence-electron chi connectivity index (χ1n) is 6.17. The second kappa shape index (κ2) is 5.39. The first kappa shape index (κ1) is 13.5. The summed E-state index contributed by atoms with van der Waals surface area (Å²) in [4.78, 5) is 11.2. The van der Waals surface area contributed by atoms with E-state index >= 15 is 0 Å². The minimum Gasteiger partial charge on any atom is -0.480 e. The van der Waals surface area contributed by atoms with E-state index in [0.29, 0.717) is 5.56 Å². The summed E-state index contributed by atoms with van der Waals surface area (Å²) in [6.45, 7) is 3.73. The average Bonchev–Trinajstić information content (AvgIpc) is 2.41. The van der Waals surface area contributed by atoms with E-state index in [9.17, 15) is 9.90 Å². The lowest BCUT2D eigenvalue weighted by Crippen LogP contribution is -2.53. The highest BCUT2D eigenvalue weighted by atomic mass is 16.5. The molecule has 0 spiro atoms. The number of carboxylic acids is 1. The molecule has 0 radical (unpaired) electrons. The molecular weight excluding hydrogens is 244 g/mol. The number of carboxylic acid groups (broad SMARTS) is 1. The van der Waals surface area contributed by atoms with Crippen LogP contribution in [0.15, 0.2) is 24.3 Å². The molecule has 0 aliphatic carbocycles. The van der Waals surface area contributed by atoms with Crippen LogP contribution in [0.5, 0.6) is 0 Å². The first-order chi connectivity index (χ1) is 9.02. The molecule has 1 aromatic carbocycles. The number of nitrogens with zero attached hydrogens (tertiary/aromatic N) is 1. The summed E-state index contributed by atoms with van der Waals surface area (Å²) in [5.41, 5.74) is 1.39. The summed E-state index contributed by atoms with van der Waals surface area (Å²) in [6, 6.07) is 8.35. The van der Waals surface area contributed by atoms with Crippen molar-refractivity contribution in [3.05, 3.63) is 35.4 Å². The molecule has 19 heavy (non-hydrogen) atoms. The zero-order chi connectivity index (χ0) is 14.0. The molecule has 1 aromatic rings. The molecule has 0 unspecified atom stereocenters. The maximum Gasteiger partial charge on any atom is 0.321 e. The van der Waals surface area contributed by atoms with Gasteiger partial charge in [-0.2, -0.15) is 5.26 Å². The number of carbonyl (C=O) groups is 1. The second-order valence-electron chi connectivity index (χ2n) is 4.80. The smallest absolute Gasteiger partial charge is 0.321 e. The molecule has 1 aliphatic rings. The Morgan fingerprint density at radius 1 is 1.37 bits per heavy atom. The number of hydrogen-bond acceptors (Lipinski definition) is 4. The van der Waals surface area contributed by atoms with Crippen LogP contribution < -0.4 is 5.32 Å². The standard InChI is InChI=1S/C14H16N2O3/c1-8-9(2)19-13(16-12(8)14(17)18)11-5-3-10(7-15)4-6-11/h3-6,8-9,12-13,16H,1-2H3,(H,17,18)/t8-,9-,12-,13+/m0/s1. The monoisotopic (exact) mass is 260 g/mol. The third-order valence-electron chi connectivity index (χ3n) is 3.56. The van der Waals surface area contributed by atoms with Crippen molar-refractivity contribution in [2.24, 2.45) is 5.92 Å². The Kier molecular flexibility index (Phi) is 3.84. The number of ether oxygens (including phenoxy) is 1. The van der Waals surface area contributed by atoms with Crippen LogP contribution in [0.25, 0.3) is 0 Å². The van der Waals surface area contributed by atoms with E-state index in [-0.39, 0.29) is 12.0 Å². The summed E-state index contributed by atoms with van der Waals surface area (Å²) in [5.74, 6) is -0.978. The van der Waals surface area contributed by atoms with E-state index in [1.165, 1.54) is 0 Å². The molecule has 1 fully saturated rings. The number of rotatable bonds is 2. The van der Waals surface area contributed by atoms with Crippen molar-refractivity contribution in [3.63, 3.8) is 0 Å². The Balaban J connectivity index is 2.20. The highest BCUT2D eigenvalue weighted by Crippen LogP contribution is 2.28. The van der Waals surface area contributed by atoms with Gasteiger partial charge in [-0.3, -0.25) is 10.1 Å². The number of aliphatic carboxylic acids is 1. The molecule has 0 aromatic heterocycles. The molecule has 4 atom stereocenters. The van der Waals surface area contributed by atoms with Gasteiger partial charge in [-0.25, -0.2) is 0 Å². The summed E-state index contributed by atoms with van der Waals surface area (Å²) < 4.78 is 5.78. The summed E-state index contributed by atoms with van der Waals surface area (Å²) in [6.07, 6.45) is -0.608. The minimum absolute atomic E-state index is 0.105. The van der Waals surface area contributed by atoms with Crippen LogP contribution in [0.2, 0.25) is 0 Å². The fraction of sp³-hybridized carbons (Fsp3) is 0.429. The topological polar surface area (TPSA) is 82.3 Å². The van der Waals surface area contributed by atoms with Gasteiger partial charge in [0.2, 0.25) is 0 Å². The summed E-state index contributed by atoms with van der Waals surface area (Å²) in [5, 5.41) is 21.0. The van der Waals surface area contributed by atoms with Crippen molar-refractivity contribution >= 4 is 5.97 Å². The molecule has 5 nitrogen and oxygen atoms in total. The third kappa shape index (κ3) is 2.75. The van der Waals surface area contributed by atoms with E-state index in [1.54, 1.807) is 24.3 Å². The number of nitriles is 1. The van der Waals surface area contributed by atoms with E-state index in [2.05, 4.69) is 5.32 Å². The van der Waals surface area contributed by atoms with Gasteiger partial charge in [-0.1, -0.05) is 19.1 Å². The van der Waals surface area contributed by atoms with Gasteiger partial charge in [0.25, 0.3) is 0 Å².